The summed E-state index contributed by atoms with van der Waals surface area (Å²) in [6, 6.07) is 14.7. The van der Waals surface area contributed by atoms with Crippen LogP contribution in [0.5, 0.6) is 5.75 Å². The Hall–Kier alpha value is -0.970. The Labute approximate surface area is 139 Å². The Morgan fingerprint density at radius 3 is 2.71 bits per heavy atom. The summed E-state index contributed by atoms with van der Waals surface area (Å²) in [7, 11) is 1.73. The molecule has 2 aromatic carbocycles. The van der Waals surface area contributed by atoms with Crippen LogP contribution < -0.4 is 10.1 Å². The first kappa shape index (κ1) is 16.4. The Balaban J connectivity index is 2.12. The number of methoxy groups -OCH3 is 1. The average Bonchev–Trinajstić information content (AvgIpc) is 2.52. The highest BCUT2D eigenvalue weighted by molar-refractivity contribution is 9.10. The van der Waals surface area contributed by atoms with Crippen LogP contribution in [-0.4, -0.2) is 13.7 Å². The highest BCUT2D eigenvalue weighted by Crippen LogP contribution is 2.32. The summed E-state index contributed by atoms with van der Waals surface area (Å²) in [4.78, 5) is 1.25. The molecule has 112 valence electrons. The number of rotatable bonds is 7. The summed E-state index contributed by atoms with van der Waals surface area (Å²) in [5.41, 5.74) is 2.52. The number of halogens is 1. The van der Waals surface area contributed by atoms with Crippen LogP contribution in [0.2, 0.25) is 0 Å². The zero-order chi connectivity index (χ0) is 15.1. The zero-order valence-electron chi connectivity index (χ0n) is 12.4. The lowest BCUT2D eigenvalue weighted by molar-refractivity contribution is 0.411. The summed E-state index contributed by atoms with van der Waals surface area (Å²) >= 11 is 5.41. The predicted octanol–water partition coefficient (Wildman–Crippen LogP) is 4.86. The topological polar surface area (TPSA) is 21.3 Å². The maximum atomic E-state index is 5.48. The van der Waals surface area contributed by atoms with Gasteiger partial charge in [0.2, 0.25) is 0 Å². The minimum absolute atomic E-state index is 0.895. The highest BCUT2D eigenvalue weighted by atomic mass is 79.9. The first-order chi connectivity index (χ1) is 10.2. The van der Waals surface area contributed by atoms with Gasteiger partial charge in [0.1, 0.15) is 5.75 Å². The molecule has 0 aromatic heterocycles. The van der Waals surface area contributed by atoms with Crippen molar-refractivity contribution >= 4 is 27.7 Å². The Morgan fingerprint density at radius 2 is 2.00 bits per heavy atom. The lowest BCUT2D eigenvalue weighted by Gasteiger charge is -2.11. The van der Waals surface area contributed by atoms with E-state index in [2.05, 4.69) is 64.6 Å². The van der Waals surface area contributed by atoms with E-state index in [4.69, 9.17) is 4.74 Å². The fourth-order valence-corrected chi connectivity index (χ4v) is 3.59. The molecule has 0 spiro atoms. The molecule has 0 aliphatic carbocycles. The molecule has 0 atom stereocenters. The highest BCUT2D eigenvalue weighted by Gasteiger charge is 2.07. The molecule has 0 aliphatic rings. The summed E-state index contributed by atoms with van der Waals surface area (Å²) < 4.78 is 6.61. The van der Waals surface area contributed by atoms with Crippen molar-refractivity contribution in [3.05, 3.63) is 58.1 Å². The number of hydrogen-bond donors (Lipinski definition) is 1. The van der Waals surface area contributed by atoms with Crippen molar-refractivity contribution < 1.29 is 4.74 Å². The van der Waals surface area contributed by atoms with Crippen LogP contribution in [0.3, 0.4) is 0 Å². The smallest absolute Gasteiger partial charge is 0.122 e. The largest absolute Gasteiger partial charge is 0.496 e. The molecule has 0 aliphatic heterocycles. The van der Waals surface area contributed by atoms with Gasteiger partial charge in [-0.2, -0.15) is 0 Å². The van der Waals surface area contributed by atoms with E-state index in [1.165, 1.54) is 16.0 Å². The molecule has 0 fully saturated rings. The molecule has 2 nitrogen and oxygen atoms in total. The third-order valence-corrected chi connectivity index (χ3v) is 5.22. The van der Waals surface area contributed by atoms with Crippen molar-refractivity contribution in [2.75, 3.05) is 13.7 Å². The fraction of sp³-hybridized carbons (Fsp3) is 0.294. The Bertz CT molecular complexity index is 589. The zero-order valence-corrected chi connectivity index (χ0v) is 14.8. The van der Waals surface area contributed by atoms with Gasteiger partial charge in [0.05, 0.1) is 7.11 Å². The Kier molecular flexibility index (Phi) is 6.61. The van der Waals surface area contributed by atoms with E-state index in [-0.39, 0.29) is 0 Å². The van der Waals surface area contributed by atoms with Crippen molar-refractivity contribution in [1.82, 2.24) is 5.32 Å². The SMILES string of the molecule is CCNCc1ccc(OC)c(CSc2ccccc2Br)c1. The molecule has 4 heteroatoms. The molecule has 21 heavy (non-hydrogen) atoms. The van der Waals surface area contributed by atoms with Crippen LogP contribution in [0, 0.1) is 0 Å². The molecule has 0 radical (unpaired) electrons. The second-order valence-electron chi connectivity index (χ2n) is 4.65. The van der Waals surface area contributed by atoms with E-state index < -0.39 is 0 Å². The lowest BCUT2D eigenvalue weighted by atomic mass is 10.1. The summed E-state index contributed by atoms with van der Waals surface area (Å²) in [5.74, 6) is 1.85. The lowest BCUT2D eigenvalue weighted by Crippen LogP contribution is -2.11. The van der Waals surface area contributed by atoms with Crippen molar-refractivity contribution in [3.63, 3.8) is 0 Å². The summed E-state index contributed by atoms with van der Waals surface area (Å²) in [5, 5.41) is 3.36. The molecule has 2 rings (SSSR count). The van der Waals surface area contributed by atoms with Crippen LogP contribution >= 0.6 is 27.7 Å². The normalized spacial score (nSPS) is 10.6. The molecule has 0 saturated heterocycles. The maximum absolute atomic E-state index is 5.48. The molecule has 0 saturated carbocycles. The number of thioether (sulfide) groups is 1. The van der Waals surface area contributed by atoms with E-state index in [1.807, 2.05) is 17.8 Å². The molecule has 0 amide bonds. The van der Waals surface area contributed by atoms with Crippen molar-refractivity contribution in [1.29, 1.82) is 0 Å². The number of hydrogen-bond acceptors (Lipinski definition) is 3. The monoisotopic (exact) mass is 365 g/mol. The van der Waals surface area contributed by atoms with Gasteiger partial charge in [-0.05, 0) is 52.3 Å². The second kappa shape index (κ2) is 8.47. The van der Waals surface area contributed by atoms with Crippen LogP contribution in [-0.2, 0) is 12.3 Å². The summed E-state index contributed by atoms with van der Waals surface area (Å²) in [6.45, 7) is 3.99. The standard InChI is InChI=1S/C17H20BrNOS/c1-3-19-11-13-8-9-16(20-2)14(10-13)12-21-17-7-5-4-6-15(17)18/h4-10,19H,3,11-12H2,1-2H3. The third kappa shape index (κ3) is 4.77. The van der Waals surface area contributed by atoms with E-state index >= 15 is 0 Å². The first-order valence-electron chi connectivity index (χ1n) is 6.98. The van der Waals surface area contributed by atoms with Gasteiger partial charge in [0.25, 0.3) is 0 Å². The molecule has 0 bridgehead atoms. The number of nitrogens with one attached hydrogen (secondary N) is 1. The Morgan fingerprint density at radius 1 is 1.19 bits per heavy atom. The molecule has 0 heterocycles. The van der Waals surface area contributed by atoms with Gasteiger partial charge in [0, 0.05) is 27.2 Å². The van der Waals surface area contributed by atoms with Gasteiger partial charge in [-0.1, -0.05) is 25.1 Å². The van der Waals surface area contributed by atoms with Crippen LogP contribution in [0.25, 0.3) is 0 Å². The minimum Gasteiger partial charge on any atom is -0.496 e. The van der Waals surface area contributed by atoms with Gasteiger partial charge >= 0.3 is 0 Å². The van der Waals surface area contributed by atoms with Gasteiger partial charge in [-0.15, -0.1) is 11.8 Å². The minimum atomic E-state index is 0.895. The quantitative estimate of drug-likeness (QED) is 0.707. The molecule has 1 N–H and O–H groups in total. The van der Waals surface area contributed by atoms with Crippen LogP contribution in [0.4, 0.5) is 0 Å². The third-order valence-electron chi connectivity index (χ3n) is 3.14. The van der Waals surface area contributed by atoms with Crippen LogP contribution in [0.1, 0.15) is 18.1 Å². The average molecular weight is 366 g/mol. The molecular formula is C17H20BrNOS. The number of benzene rings is 2. The van der Waals surface area contributed by atoms with Gasteiger partial charge in [0.15, 0.2) is 0 Å². The van der Waals surface area contributed by atoms with E-state index in [1.54, 1.807) is 7.11 Å². The van der Waals surface area contributed by atoms with Crippen molar-refractivity contribution in [3.8, 4) is 5.75 Å². The van der Waals surface area contributed by atoms with E-state index in [0.29, 0.717) is 0 Å². The molecular weight excluding hydrogens is 346 g/mol. The molecule has 0 unspecified atom stereocenters. The first-order valence-corrected chi connectivity index (χ1v) is 8.76. The molecule has 2 aromatic rings. The fourth-order valence-electron chi connectivity index (χ4n) is 2.04. The maximum Gasteiger partial charge on any atom is 0.122 e. The van der Waals surface area contributed by atoms with E-state index in [9.17, 15) is 0 Å². The van der Waals surface area contributed by atoms with Crippen molar-refractivity contribution in [2.24, 2.45) is 0 Å². The van der Waals surface area contributed by atoms with Crippen molar-refractivity contribution in [2.45, 2.75) is 24.1 Å². The second-order valence-corrected chi connectivity index (χ2v) is 6.52. The van der Waals surface area contributed by atoms with Gasteiger partial charge in [-0.3, -0.25) is 0 Å². The predicted molar refractivity (Wildman–Crippen MR) is 94.1 cm³/mol. The van der Waals surface area contributed by atoms with E-state index in [0.717, 1.165) is 29.1 Å². The number of ether oxygens (including phenoxy) is 1. The van der Waals surface area contributed by atoms with Crippen LogP contribution in [0.15, 0.2) is 51.8 Å². The van der Waals surface area contributed by atoms with Gasteiger partial charge in [-0.25, -0.2) is 0 Å². The van der Waals surface area contributed by atoms with Gasteiger partial charge < -0.3 is 10.1 Å². The summed E-state index contributed by atoms with van der Waals surface area (Å²) in [6.07, 6.45) is 0.